The summed E-state index contributed by atoms with van der Waals surface area (Å²) in [7, 11) is 0. The first-order valence-corrected chi connectivity index (χ1v) is 18.0. The number of hydrogen-bond donors (Lipinski definition) is 0. The minimum atomic E-state index is 1.21. The first-order valence-electron chi connectivity index (χ1n) is 18.0. The highest BCUT2D eigenvalue weighted by atomic mass is 14.2. The van der Waals surface area contributed by atoms with Gasteiger partial charge in [-0.3, -0.25) is 0 Å². The Kier molecular flexibility index (Phi) is 7.25. The van der Waals surface area contributed by atoms with Crippen molar-refractivity contribution >= 4 is 43.1 Å². The molecule has 0 aliphatic carbocycles. The monoisotopic (exact) mass is 658 g/mol. The molecule has 10 aromatic carbocycles. The van der Waals surface area contributed by atoms with Gasteiger partial charge >= 0.3 is 0 Å². The van der Waals surface area contributed by atoms with Gasteiger partial charge in [-0.15, -0.1) is 0 Å². The fourth-order valence-corrected chi connectivity index (χ4v) is 8.20. The molecule has 0 aromatic heterocycles. The van der Waals surface area contributed by atoms with E-state index in [1.54, 1.807) is 0 Å². The summed E-state index contributed by atoms with van der Waals surface area (Å²) < 4.78 is 0. The third-order valence-corrected chi connectivity index (χ3v) is 10.7. The lowest BCUT2D eigenvalue weighted by molar-refractivity contribution is 1.61. The van der Waals surface area contributed by atoms with Crippen LogP contribution in [0.3, 0.4) is 0 Å². The lowest BCUT2D eigenvalue weighted by Crippen LogP contribution is -1.92. The molecule has 0 saturated carbocycles. The Bertz CT molecular complexity index is 2900. The Morgan fingerprint density at radius 2 is 0.577 bits per heavy atom. The first-order chi connectivity index (χ1) is 25.8. The highest BCUT2D eigenvalue weighted by Gasteiger charge is 2.18. The van der Waals surface area contributed by atoms with Gasteiger partial charge in [-0.2, -0.15) is 0 Å². The minimum Gasteiger partial charge on any atom is -0.0622 e. The van der Waals surface area contributed by atoms with Crippen LogP contribution in [0.5, 0.6) is 0 Å². The molecule has 0 radical (unpaired) electrons. The molecule has 0 amide bonds. The summed E-state index contributed by atoms with van der Waals surface area (Å²) in [5.74, 6) is 0. The molecule has 0 aliphatic rings. The van der Waals surface area contributed by atoms with E-state index in [1.807, 2.05) is 0 Å². The summed E-state index contributed by atoms with van der Waals surface area (Å²) in [6.07, 6.45) is 0. The Morgan fingerprint density at radius 1 is 0.192 bits per heavy atom. The lowest BCUT2D eigenvalue weighted by atomic mass is 9.84. The van der Waals surface area contributed by atoms with E-state index in [4.69, 9.17) is 0 Å². The molecule has 52 heavy (non-hydrogen) atoms. The van der Waals surface area contributed by atoms with E-state index in [-0.39, 0.29) is 0 Å². The van der Waals surface area contributed by atoms with Gasteiger partial charge in [0.05, 0.1) is 0 Å². The smallest absolute Gasteiger partial charge is 0.00261 e. The number of benzene rings is 10. The van der Waals surface area contributed by atoms with E-state index in [9.17, 15) is 0 Å². The van der Waals surface area contributed by atoms with Crippen LogP contribution in [0.25, 0.3) is 98.7 Å². The van der Waals surface area contributed by atoms with E-state index in [1.165, 1.54) is 98.7 Å². The van der Waals surface area contributed by atoms with E-state index in [0.717, 1.165) is 0 Å². The molecule has 0 heteroatoms. The fourth-order valence-electron chi connectivity index (χ4n) is 8.20. The molecule has 10 rings (SSSR count). The molecule has 10 aromatic rings. The van der Waals surface area contributed by atoms with Crippen LogP contribution < -0.4 is 0 Å². The second-order valence-corrected chi connectivity index (χ2v) is 13.6. The van der Waals surface area contributed by atoms with Crippen molar-refractivity contribution in [2.75, 3.05) is 0 Å². The normalized spacial score (nSPS) is 11.5. The van der Waals surface area contributed by atoms with Gasteiger partial charge in [-0.05, 0) is 105 Å². The zero-order chi connectivity index (χ0) is 34.4. The van der Waals surface area contributed by atoms with Crippen molar-refractivity contribution in [2.24, 2.45) is 0 Å². The van der Waals surface area contributed by atoms with Crippen LogP contribution in [0.4, 0.5) is 0 Å². The van der Waals surface area contributed by atoms with Gasteiger partial charge in [0, 0.05) is 0 Å². The SMILES string of the molecule is c1ccc(-c2ccc(-c3c4ccccc4c(-c4ccc(-c5cccc6ccccc56)cc4)c4cc(-c5cccc6ccccc56)ccc34)cc2)cc1. The maximum atomic E-state index is 2.43. The summed E-state index contributed by atoms with van der Waals surface area (Å²) in [6, 6.07) is 75.6. The average molecular weight is 659 g/mol. The summed E-state index contributed by atoms with van der Waals surface area (Å²) in [6.45, 7) is 0. The fraction of sp³-hybridized carbons (Fsp3) is 0. The quantitative estimate of drug-likeness (QED) is 0.161. The Balaban J connectivity index is 1.22. The van der Waals surface area contributed by atoms with Crippen molar-refractivity contribution in [3.05, 3.63) is 206 Å². The molecular weight excluding hydrogens is 625 g/mol. The van der Waals surface area contributed by atoms with Crippen LogP contribution in [0.2, 0.25) is 0 Å². The van der Waals surface area contributed by atoms with Crippen molar-refractivity contribution < 1.29 is 0 Å². The van der Waals surface area contributed by atoms with Crippen LogP contribution in [0, 0.1) is 0 Å². The van der Waals surface area contributed by atoms with E-state index in [2.05, 4.69) is 206 Å². The van der Waals surface area contributed by atoms with Gasteiger partial charge in [0.2, 0.25) is 0 Å². The van der Waals surface area contributed by atoms with Crippen LogP contribution in [-0.4, -0.2) is 0 Å². The van der Waals surface area contributed by atoms with Crippen molar-refractivity contribution in [2.45, 2.75) is 0 Å². The Hall–Kier alpha value is -6.76. The molecule has 0 fully saturated rings. The van der Waals surface area contributed by atoms with Gasteiger partial charge in [-0.1, -0.05) is 200 Å². The number of rotatable bonds is 5. The van der Waals surface area contributed by atoms with E-state index in [0.29, 0.717) is 0 Å². The zero-order valence-corrected chi connectivity index (χ0v) is 28.6. The highest BCUT2D eigenvalue weighted by molar-refractivity contribution is 6.22. The third-order valence-electron chi connectivity index (χ3n) is 10.7. The predicted molar refractivity (Wildman–Crippen MR) is 224 cm³/mol. The van der Waals surface area contributed by atoms with Gasteiger partial charge in [0.1, 0.15) is 0 Å². The second kappa shape index (κ2) is 12.5. The van der Waals surface area contributed by atoms with Gasteiger partial charge in [-0.25, -0.2) is 0 Å². The van der Waals surface area contributed by atoms with Gasteiger partial charge < -0.3 is 0 Å². The molecule has 0 saturated heterocycles. The molecule has 242 valence electrons. The second-order valence-electron chi connectivity index (χ2n) is 13.6. The maximum absolute atomic E-state index is 2.43. The highest BCUT2D eigenvalue weighted by Crippen LogP contribution is 2.46. The molecule has 0 nitrogen and oxygen atoms in total. The van der Waals surface area contributed by atoms with Crippen LogP contribution >= 0.6 is 0 Å². The van der Waals surface area contributed by atoms with Crippen LogP contribution in [-0.2, 0) is 0 Å². The minimum absolute atomic E-state index is 1.21. The van der Waals surface area contributed by atoms with Crippen molar-refractivity contribution in [3.63, 3.8) is 0 Å². The van der Waals surface area contributed by atoms with Gasteiger partial charge in [0.25, 0.3) is 0 Å². The Morgan fingerprint density at radius 3 is 1.17 bits per heavy atom. The third kappa shape index (κ3) is 5.08. The average Bonchev–Trinajstić information content (AvgIpc) is 3.22. The number of hydrogen-bond acceptors (Lipinski definition) is 0. The lowest BCUT2D eigenvalue weighted by Gasteiger charge is -2.19. The molecular formula is C52H34. The van der Waals surface area contributed by atoms with Crippen LogP contribution in [0.15, 0.2) is 206 Å². The molecule has 0 unspecified atom stereocenters. The standard InChI is InChI=1S/C52H34/c1-2-12-35(13-3-1)36-24-28-40(29-25-36)51-47-20-8-9-21-48(47)52(41-30-26-39(27-31-41)45-22-10-16-37-14-4-6-18-43(37)45)50-34-42(32-33-49(50)51)46-23-11-17-38-15-5-7-19-44(38)46/h1-34H. The van der Waals surface area contributed by atoms with E-state index >= 15 is 0 Å². The largest absolute Gasteiger partial charge is 0.0622 e. The summed E-state index contributed by atoms with van der Waals surface area (Å²) in [5.41, 5.74) is 12.4. The van der Waals surface area contributed by atoms with E-state index < -0.39 is 0 Å². The van der Waals surface area contributed by atoms with Crippen LogP contribution in [0.1, 0.15) is 0 Å². The Labute approximate surface area is 303 Å². The van der Waals surface area contributed by atoms with Crippen molar-refractivity contribution in [1.29, 1.82) is 0 Å². The summed E-state index contributed by atoms with van der Waals surface area (Å²) in [5, 5.41) is 10.1. The zero-order valence-electron chi connectivity index (χ0n) is 28.6. The molecule has 0 heterocycles. The molecule has 0 spiro atoms. The molecule has 0 bridgehead atoms. The molecule has 0 N–H and O–H groups in total. The maximum Gasteiger partial charge on any atom is -0.00261 e. The first kappa shape index (κ1) is 30.1. The summed E-state index contributed by atoms with van der Waals surface area (Å²) in [4.78, 5) is 0. The molecule has 0 atom stereocenters. The topological polar surface area (TPSA) is 0 Å². The predicted octanol–water partition coefficient (Wildman–Crippen LogP) is 14.6. The molecule has 0 aliphatic heterocycles. The van der Waals surface area contributed by atoms with Crippen molar-refractivity contribution in [1.82, 2.24) is 0 Å². The van der Waals surface area contributed by atoms with Gasteiger partial charge in [0.15, 0.2) is 0 Å². The number of fused-ring (bicyclic) bond motifs is 4. The summed E-state index contributed by atoms with van der Waals surface area (Å²) >= 11 is 0. The van der Waals surface area contributed by atoms with Crippen molar-refractivity contribution in [3.8, 4) is 55.6 Å².